The summed E-state index contributed by atoms with van der Waals surface area (Å²) < 4.78 is 30.7. The molecular formula is C8H13F2NO2. The van der Waals surface area contributed by atoms with Crippen LogP contribution in [0.3, 0.4) is 0 Å². The number of ether oxygens (including phenoxy) is 1. The molecule has 1 rings (SSSR count). The SMILES string of the molecule is COC(=O)C(N)C(F)(F)C1CCC1. The van der Waals surface area contributed by atoms with Crippen molar-refractivity contribution in [3.8, 4) is 0 Å². The summed E-state index contributed by atoms with van der Waals surface area (Å²) in [5.41, 5.74) is 5.09. The summed E-state index contributed by atoms with van der Waals surface area (Å²) in [7, 11) is 1.05. The minimum Gasteiger partial charge on any atom is -0.468 e. The third-order valence-electron chi connectivity index (χ3n) is 2.52. The molecule has 0 bridgehead atoms. The fourth-order valence-electron chi connectivity index (χ4n) is 1.33. The number of hydrogen-bond donors (Lipinski definition) is 1. The van der Waals surface area contributed by atoms with Crippen LogP contribution >= 0.6 is 0 Å². The third-order valence-corrected chi connectivity index (χ3v) is 2.52. The van der Waals surface area contributed by atoms with Gasteiger partial charge in [0.1, 0.15) is 0 Å². The van der Waals surface area contributed by atoms with Crippen LogP contribution in [-0.2, 0) is 9.53 Å². The molecule has 1 unspecified atom stereocenters. The van der Waals surface area contributed by atoms with E-state index in [-0.39, 0.29) is 0 Å². The monoisotopic (exact) mass is 193 g/mol. The van der Waals surface area contributed by atoms with Gasteiger partial charge in [0.2, 0.25) is 0 Å². The third kappa shape index (κ3) is 1.80. The number of halogens is 2. The van der Waals surface area contributed by atoms with Crippen LogP contribution in [-0.4, -0.2) is 25.0 Å². The smallest absolute Gasteiger partial charge is 0.328 e. The molecule has 1 aliphatic carbocycles. The summed E-state index contributed by atoms with van der Waals surface area (Å²) in [6.07, 6.45) is 1.67. The van der Waals surface area contributed by atoms with Gasteiger partial charge in [-0.15, -0.1) is 0 Å². The van der Waals surface area contributed by atoms with Crippen LogP contribution in [0.5, 0.6) is 0 Å². The molecular weight excluding hydrogens is 180 g/mol. The normalized spacial score (nSPS) is 20.6. The molecule has 0 aliphatic heterocycles. The summed E-state index contributed by atoms with van der Waals surface area (Å²) >= 11 is 0. The average Bonchev–Trinajstić information content (AvgIpc) is 1.97. The molecule has 0 radical (unpaired) electrons. The first-order valence-corrected chi connectivity index (χ1v) is 4.21. The Morgan fingerprint density at radius 3 is 2.46 bits per heavy atom. The Morgan fingerprint density at radius 2 is 2.15 bits per heavy atom. The summed E-state index contributed by atoms with van der Waals surface area (Å²) in [5.74, 6) is -4.91. The van der Waals surface area contributed by atoms with Crippen molar-refractivity contribution in [1.29, 1.82) is 0 Å². The van der Waals surface area contributed by atoms with E-state index in [4.69, 9.17) is 5.73 Å². The molecule has 0 saturated heterocycles. The summed E-state index contributed by atoms with van der Waals surface area (Å²) in [6.45, 7) is 0. The van der Waals surface area contributed by atoms with Gasteiger partial charge in [-0.1, -0.05) is 6.42 Å². The molecule has 0 aromatic heterocycles. The van der Waals surface area contributed by atoms with Crippen molar-refractivity contribution in [2.24, 2.45) is 11.7 Å². The zero-order valence-electron chi connectivity index (χ0n) is 7.43. The van der Waals surface area contributed by atoms with E-state index < -0.39 is 23.9 Å². The van der Waals surface area contributed by atoms with Crippen LogP contribution in [0.1, 0.15) is 19.3 Å². The van der Waals surface area contributed by atoms with Gasteiger partial charge in [-0.25, -0.2) is 8.78 Å². The predicted molar refractivity (Wildman–Crippen MR) is 42.3 cm³/mol. The first-order valence-electron chi connectivity index (χ1n) is 4.21. The number of esters is 1. The van der Waals surface area contributed by atoms with E-state index in [1.54, 1.807) is 0 Å². The van der Waals surface area contributed by atoms with Crippen LogP contribution in [0.4, 0.5) is 8.78 Å². The molecule has 0 aromatic rings. The van der Waals surface area contributed by atoms with Crippen LogP contribution in [0.2, 0.25) is 0 Å². The summed E-state index contributed by atoms with van der Waals surface area (Å²) in [5, 5.41) is 0. The zero-order chi connectivity index (χ0) is 10.1. The van der Waals surface area contributed by atoms with Crippen molar-refractivity contribution >= 4 is 5.97 Å². The van der Waals surface area contributed by atoms with E-state index in [0.717, 1.165) is 13.5 Å². The lowest BCUT2D eigenvalue weighted by atomic mass is 9.78. The van der Waals surface area contributed by atoms with Crippen LogP contribution in [0.15, 0.2) is 0 Å². The fraction of sp³-hybridized carbons (Fsp3) is 0.875. The molecule has 1 atom stereocenters. The first kappa shape index (κ1) is 10.4. The number of methoxy groups -OCH3 is 1. The second kappa shape index (κ2) is 3.57. The topological polar surface area (TPSA) is 52.3 Å². The number of hydrogen-bond acceptors (Lipinski definition) is 3. The Balaban J connectivity index is 2.61. The lowest BCUT2D eigenvalue weighted by molar-refractivity contribution is -0.162. The molecule has 76 valence electrons. The molecule has 13 heavy (non-hydrogen) atoms. The molecule has 1 aliphatic rings. The highest BCUT2D eigenvalue weighted by atomic mass is 19.3. The lowest BCUT2D eigenvalue weighted by Crippen LogP contribution is -2.53. The minimum atomic E-state index is -3.12. The van der Waals surface area contributed by atoms with E-state index in [0.29, 0.717) is 12.8 Å². The van der Waals surface area contributed by atoms with E-state index in [1.165, 1.54) is 0 Å². The molecule has 0 heterocycles. The Hall–Kier alpha value is -0.710. The maximum absolute atomic E-state index is 13.3. The van der Waals surface area contributed by atoms with Gasteiger partial charge in [0.05, 0.1) is 7.11 Å². The van der Waals surface area contributed by atoms with Crippen LogP contribution < -0.4 is 5.73 Å². The quantitative estimate of drug-likeness (QED) is 0.678. The maximum atomic E-state index is 13.3. The van der Waals surface area contributed by atoms with Crippen LogP contribution in [0, 0.1) is 5.92 Å². The Bertz CT molecular complexity index is 204. The standard InChI is InChI=1S/C8H13F2NO2/c1-13-7(12)6(11)8(9,10)5-3-2-4-5/h5-6H,2-4,11H2,1H3. The molecule has 0 aromatic carbocycles. The van der Waals surface area contributed by atoms with Crippen molar-refractivity contribution in [2.45, 2.75) is 31.2 Å². The molecule has 2 N–H and O–H groups in total. The fourth-order valence-corrected chi connectivity index (χ4v) is 1.33. The number of carbonyl (C=O) groups excluding carboxylic acids is 1. The van der Waals surface area contributed by atoms with Crippen molar-refractivity contribution in [3.05, 3.63) is 0 Å². The van der Waals surface area contributed by atoms with E-state index in [1.807, 2.05) is 0 Å². The maximum Gasteiger partial charge on any atom is 0.328 e. The molecule has 1 saturated carbocycles. The zero-order valence-corrected chi connectivity index (χ0v) is 7.43. The molecule has 0 amide bonds. The number of rotatable bonds is 3. The van der Waals surface area contributed by atoms with Gasteiger partial charge in [-0.05, 0) is 12.8 Å². The van der Waals surface area contributed by atoms with Crippen LogP contribution in [0.25, 0.3) is 0 Å². The summed E-state index contributed by atoms with van der Waals surface area (Å²) in [6, 6.07) is -1.82. The number of carbonyl (C=O) groups is 1. The largest absolute Gasteiger partial charge is 0.468 e. The van der Waals surface area contributed by atoms with Crippen molar-refractivity contribution in [3.63, 3.8) is 0 Å². The molecule has 1 fully saturated rings. The molecule has 5 heteroatoms. The van der Waals surface area contributed by atoms with Gasteiger partial charge >= 0.3 is 5.97 Å². The molecule has 0 spiro atoms. The first-order chi connectivity index (χ1) is 6.00. The van der Waals surface area contributed by atoms with E-state index >= 15 is 0 Å². The lowest BCUT2D eigenvalue weighted by Gasteiger charge is -2.35. The van der Waals surface area contributed by atoms with E-state index in [2.05, 4.69) is 4.74 Å². The number of nitrogens with two attached hydrogens (primary N) is 1. The average molecular weight is 193 g/mol. The van der Waals surface area contributed by atoms with Gasteiger partial charge in [-0.2, -0.15) is 0 Å². The van der Waals surface area contributed by atoms with Crippen molar-refractivity contribution in [2.75, 3.05) is 7.11 Å². The van der Waals surface area contributed by atoms with Gasteiger partial charge in [-0.3, -0.25) is 4.79 Å². The highest BCUT2D eigenvalue weighted by molar-refractivity contribution is 5.76. The van der Waals surface area contributed by atoms with Gasteiger partial charge in [0, 0.05) is 5.92 Å². The molecule has 3 nitrogen and oxygen atoms in total. The van der Waals surface area contributed by atoms with Gasteiger partial charge in [0.25, 0.3) is 5.92 Å². The Kier molecular flexibility index (Phi) is 2.85. The van der Waals surface area contributed by atoms with Crippen molar-refractivity contribution < 1.29 is 18.3 Å². The predicted octanol–water partition coefficient (Wildman–Crippen LogP) is 0.922. The van der Waals surface area contributed by atoms with Gasteiger partial charge in [0.15, 0.2) is 6.04 Å². The second-order valence-corrected chi connectivity index (χ2v) is 3.30. The summed E-state index contributed by atoms with van der Waals surface area (Å²) in [4.78, 5) is 10.8. The van der Waals surface area contributed by atoms with E-state index in [9.17, 15) is 13.6 Å². The van der Waals surface area contributed by atoms with Crippen molar-refractivity contribution in [1.82, 2.24) is 0 Å². The second-order valence-electron chi connectivity index (χ2n) is 3.30. The highest BCUT2D eigenvalue weighted by Gasteiger charge is 2.51. The highest BCUT2D eigenvalue weighted by Crippen LogP contribution is 2.41. The Labute approximate surface area is 75.2 Å². The van der Waals surface area contributed by atoms with Gasteiger partial charge < -0.3 is 10.5 Å². The Morgan fingerprint density at radius 1 is 1.62 bits per heavy atom. The number of alkyl halides is 2. The minimum absolute atomic E-state index is 0.442.